The van der Waals surface area contributed by atoms with Gasteiger partial charge in [0.2, 0.25) is 0 Å². The van der Waals surface area contributed by atoms with E-state index in [2.05, 4.69) is 71.3 Å². The first-order chi connectivity index (χ1) is 11.4. The highest BCUT2D eigenvalue weighted by Crippen LogP contribution is 2.32. The van der Waals surface area contributed by atoms with Crippen molar-refractivity contribution in [2.24, 2.45) is 0 Å². The van der Waals surface area contributed by atoms with Crippen molar-refractivity contribution in [3.8, 4) is 11.3 Å². The lowest BCUT2D eigenvalue weighted by Crippen LogP contribution is -2.17. The van der Waals surface area contributed by atoms with Gasteiger partial charge in [-0.2, -0.15) is 5.10 Å². The van der Waals surface area contributed by atoms with Crippen LogP contribution in [-0.4, -0.2) is 20.2 Å². The smallest absolute Gasteiger partial charge is 0.187 e. The van der Waals surface area contributed by atoms with E-state index < -0.39 is 0 Å². The summed E-state index contributed by atoms with van der Waals surface area (Å²) in [6, 6.07) is 14.5. The van der Waals surface area contributed by atoms with Crippen LogP contribution in [0.3, 0.4) is 0 Å². The van der Waals surface area contributed by atoms with Gasteiger partial charge in [-0.05, 0) is 16.8 Å². The Morgan fingerprint density at radius 3 is 2.46 bits per heavy atom. The molecule has 2 aromatic carbocycles. The molecule has 4 rings (SSSR count). The molecule has 24 heavy (non-hydrogen) atoms. The predicted molar refractivity (Wildman–Crippen MR) is 97.7 cm³/mol. The minimum atomic E-state index is -0.176. The maximum absolute atomic E-state index is 6.24. The van der Waals surface area contributed by atoms with Crippen LogP contribution in [0, 0.1) is 0 Å². The number of aromatic nitrogens is 4. The van der Waals surface area contributed by atoms with Gasteiger partial charge in [0.1, 0.15) is 11.6 Å². The van der Waals surface area contributed by atoms with E-state index in [1.54, 1.807) is 0 Å². The zero-order chi connectivity index (χ0) is 16.9. The van der Waals surface area contributed by atoms with Gasteiger partial charge in [-0.1, -0.05) is 57.2 Å². The van der Waals surface area contributed by atoms with E-state index in [4.69, 9.17) is 5.73 Å². The Labute approximate surface area is 139 Å². The van der Waals surface area contributed by atoms with Crippen LogP contribution in [0.25, 0.3) is 33.1 Å². The Balaban J connectivity index is 1.93. The molecular weight excluding hydrogens is 298 g/mol. The number of benzene rings is 2. The van der Waals surface area contributed by atoms with Crippen LogP contribution in [0.4, 0.5) is 5.82 Å². The summed E-state index contributed by atoms with van der Waals surface area (Å²) in [5.74, 6) is 1.16. The molecule has 0 fully saturated rings. The molecule has 0 amide bonds. The maximum atomic E-state index is 6.24. The van der Waals surface area contributed by atoms with Crippen LogP contribution in [0.1, 0.15) is 26.6 Å². The summed E-state index contributed by atoms with van der Waals surface area (Å²) in [4.78, 5) is 9.08. The van der Waals surface area contributed by atoms with E-state index in [0.29, 0.717) is 17.3 Å². The molecule has 3 N–H and O–H groups in total. The predicted octanol–water partition coefficient (Wildman–Crippen LogP) is 4.05. The zero-order valence-electron chi connectivity index (χ0n) is 14.0. The van der Waals surface area contributed by atoms with Gasteiger partial charge < -0.3 is 5.73 Å². The molecule has 0 saturated heterocycles. The van der Waals surface area contributed by atoms with Crippen LogP contribution in [0.2, 0.25) is 0 Å². The Morgan fingerprint density at radius 1 is 0.958 bits per heavy atom. The molecule has 0 unspecified atom stereocenters. The number of nitrogen functional groups attached to an aromatic ring is 1. The second-order valence-electron chi connectivity index (χ2n) is 7.04. The number of H-pyrrole nitrogens is 1. The fourth-order valence-electron chi connectivity index (χ4n) is 2.84. The van der Waals surface area contributed by atoms with E-state index in [1.165, 1.54) is 10.8 Å². The summed E-state index contributed by atoms with van der Waals surface area (Å²) in [5.41, 5.74) is 8.55. The van der Waals surface area contributed by atoms with Crippen molar-refractivity contribution in [2.75, 3.05) is 5.73 Å². The summed E-state index contributed by atoms with van der Waals surface area (Å²) in [6.07, 6.45) is 0. The van der Waals surface area contributed by atoms with Crippen LogP contribution < -0.4 is 5.73 Å². The molecule has 120 valence electrons. The second kappa shape index (κ2) is 5.03. The summed E-state index contributed by atoms with van der Waals surface area (Å²) >= 11 is 0. The molecule has 0 aliphatic rings. The van der Waals surface area contributed by atoms with Crippen molar-refractivity contribution in [2.45, 2.75) is 26.2 Å². The van der Waals surface area contributed by atoms with E-state index in [-0.39, 0.29) is 5.41 Å². The highest BCUT2D eigenvalue weighted by Gasteiger charge is 2.22. The molecule has 0 radical (unpaired) electrons. The molecule has 0 spiro atoms. The average Bonchev–Trinajstić information content (AvgIpc) is 2.98. The van der Waals surface area contributed by atoms with Crippen LogP contribution >= 0.6 is 0 Å². The Kier molecular flexibility index (Phi) is 3.06. The number of hydrogen-bond acceptors (Lipinski definition) is 4. The van der Waals surface area contributed by atoms with Gasteiger partial charge in [-0.25, -0.2) is 9.97 Å². The molecular formula is C19H19N5. The number of nitrogens with zero attached hydrogens (tertiary/aromatic N) is 3. The molecule has 0 aliphatic heterocycles. The quantitative estimate of drug-likeness (QED) is 0.555. The van der Waals surface area contributed by atoms with Gasteiger partial charge in [-0.3, -0.25) is 5.10 Å². The van der Waals surface area contributed by atoms with Gasteiger partial charge in [0.05, 0.1) is 11.1 Å². The molecule has 0 saturated carbocycles. The number of nitrogens with one attached hydrogen (secondary N) is 1. The fourth-order valence-corrected chi connectivity index (χ4v) is 2.84. The SMILES string of the molecule is CC(C)(C)c1nc(N)c2c(-c3ccc4ccccc4c3)[nH]nc2n1. The minimum Gasteiger partial charge on any atom is -0.383 e. The van der Waals surface area contributed by atoms with Gasteiger partial charge >= 0.3 is 0 Å². The number of nitrogens with two attached hydrogens (primary N) is 1. The molecule has 0 aliphatic carbocycles. The van der Waals surface area contributed by atoms with E-state index in [1.807, 2.05) is 12.1 Å². The molecule has 0 bridgehead atoms. The Morgan fingerprint density at radius 2 is 1.71 bits per heavy atom. The summed E-state index contributed by atoms with van der Waals surface area (Å²) in [7, 11) is 0. The van der Waals surface area contributed by atoms with Gasteiger partial charge in [-0.15, -0.1) is 0 Å². The fraction of sp³-hybridized carbons (Fsp3) is 0.211. The monoisotopic (exact) mass is 317 g/mol. The normalized spacial score (nSPS) is 12.1. The van der Waals surface area contributed by atoms with Crippen LogP contribution in [0.5, 0.6) is 0 Å². The lowest BCUT2D eigenvalue weighted by Gasteiger charge is -2.16. The lowest BCUT2D eigenvalue weighted by atomic mass is 9.95. The first kappa shape index (κ1) is 14.6. The highest BCUT2D eigenvalue weighted by atomic mass is 15.2. The number of aromatic amines is 1. The molecule has 5 heteroatoms. The number of hydrogen-bond donors (Lipinski definition) is 2. The van der Waals surface area contributed by atoms with E-state index in [9.17, 15) is 0 Å². The third kappa shape index (κ3) is 2.29. The third-order valence-corrected chi connectivity index (χ3v) is 4.15. The molecule has 0 atom stereocenters. The third-order valence-electron chi connectivity index (χ3n) is 4.15. The second-order valence-corrected chi connectivity index (χ2v) is 7.04. The molecule has 2 heterocycles. The van der Waals surface area contributed by atoms with Crippen molar-refractivity contribution < 1.29 is 0 Å². The van der Waals surface area contributed by atoms with Gasteiger partial charge in [0, 0.05) is 11.0 Å². The molecule has 2 aromatic heterocycles. The summed E-state index contributed by atoms with van der Waals surface area (Å²) in [5, 5.41) is 10.6. The number of rotatable bonds is 1. The van der Waals surface area contributed by atoms with Crippen molar-refractivity contribution in [3.63, 3.8) is 0 Å². The minimum absolute atomic E-state index is 0.176. The standard InChI is InChI=1S/C19H19N5/c1-19(2,3)18-21-16(20)14-15(23-24-17(14)22-18)13-9-8-11-6-4-5-7-12(11)10-13/h4-10H,1-3H3,(H3,20,21,22,23,24). The van der Waals surface area contributed by atoms with Crippen LogP contribution in [0.15, 0.2) is 42.5 Å². The van der Waals surface area contributed by atoms with Crippen LogP contribution in [-0.2, 0) is 5.41 Å². The van der Waals surface area contributed by atoms with Gasteiger partial charge in [0.15, 0.2) is 5.65 Å². The topological polar surface area (TPSA) is 80.5 Å². The van der Waals surface area contributed by atoms with Crippen molar-refractivity contribution >= 4 is 27.6 Å². The molecule has 4 aromatic rings. The van der Waals surface area contributed by atoms with Gasteiger partial charge in [0.25, 0.3) is 0 Å². The summed E-state index contributed by atoms with van der Waals surface area (Å²) < 4.78 is 0. The van der Waals surface area contributed by atoms with Crippen molar-refractivity contribution in [1.82, 2.24) is 20.2 Å². The van der Waals surface area contributed by atoms with E-state index >= 15 is 0 Å². The molecule has 5 nitrogen and oxygen atoms in total. The van der Waals surface area contributed by atoms with Crippen molar-refractivity contribution in [1.29, 1.82) is 0 Å². The summed E-state index contributed by atoms with van der Waals surface area (Å²) in [6.45, 7) is 6.18. The zero-order valence-corrected chi connectivity index (χ0v) is 14.0. The Hall–Kier alpha value is -2.95. The maximum Gasteiger partial charge on any atom is 0.187 e. The first-order valence-electron chi connectivity index (χ1n) is 7.95. The number of fused-ring (bicyclic) bond motifs is 2. The first-order valence-corrected chi connectivity index (χ1v) is 7.95. The van der Waals surface area contributed by atoms with E-state index in [0.717, 1.165) is 16.6 Å². The largest absolute Gasteiger partial charge is 0.383 e. The lowest BCUT2D eigenvalue weighted by molar-refractivity contribution is 0.549. The average molecular weight is 317 g/mol. The number of anilines is 1. The highest BCUT2D eigenvalue weighted by molar-refractivity contribution is 5.99. The Bertz CT molecular complexity index is 1060. The van der Waals surface area contributed by atoms with Crippen molar-refractivity contribution in [3.05, 3.63) is 48.3 Å².